The number of hydrogen-bond donors (Lipinski definition) is 1. The molecule has 0 amide bonds. The lowest BCUT2D eigenvalue weighted by molar-refractivity contribution is 0.154. The number of hydrogen-bond acceptors (Lipinski definition) is 2. The number of rotatable bonds is 3. The van der Waals surface area contributed by atoms with E-state index in [1.165, 1.54) is 19.3 Å². The SMILES string of the molecule is CCc1cc(O)cc(OC2CCCCC2)c1. The van der Waals surface area contributed by atoms with E-state index < -0.39 is 0 Å². The van der Waals surface area contributed by atoms with Gasteiger partial charge in [-0.15, -0.1) is 0 Å². The molecule has 0 unspecified atom stereocenters. The number of ether oxygens (including phenoxy) is 1. The highest BCUT2D eigenvalue weighted by atomic mass is 16.5. The first-order chi connectivity index (χ1) is 7.78. The summed E-state index contributed by atoms with van der Waals surface area (Å²) in [7, 11) is 0. The van der Waals surface area contributed by atoms with Crippen LogP contribution < -0.4 is 4.74 Å². The van der Waals surface area contributed by atoms with E-state index in [1.807, 2.05) is 6.07 Å². The molecule has 1 aliphatic carbocycles. The summed E-state index contributed by atoms with van der Waals surface area (Å²) in [4.78, 5) is 0. The van der Waals surface area contributed by atoms with Gasteiger partial charge in [-0.1, -0.05) is 13.3 Å². The van der Waals surface area contributed by atoms with E-state index in [4.69, 9.17) is 4.74 Å². The van der Waals surface area contributed by atoms with Crippen molar-refractivity contribution in [2.75, 3.05) is 0 Å². The summed E-state index contributed by atoms with van der Waals surface area (Å²) >= 11 is 0. The van der Waals surface area contributed by atoms with E-state index in [2.05, 4.69) is 6.92 Å². The Hall–Kier alpha value is -1.18. The molecule has 1 aliphatic rings. The molecule has 0 saturated heterocycles. The number of aromatic hydroxyl groups is 1. The molecule has 2 nitrogen and oxygen atoms in total. The minimum atomic E-state index is 0.310. The Kier molecular flexibility index (Phi) is 3.70. The van der Waals surface area contributed by atoms with E-state index in [-0.39, 0.29) is 0 Å². The average Bonchev–Trinajstić information content (AvgIpc) is 2.29. The van der Waals surface area contributed by atoms with Crippen molar-refractivity contribution < 1.29 is 9.84 Å². The predicted octanol–water partition coefficient (Wildman–Crippen LogP) is 3.67. The van der Waals surface area contributed by atoms with Crippen molar-refractivity contribution in [1.82, 2.24) is 0 Å². The fourth-order valence-electron chi connectivity index (χ4n) is 2.29. The monoisotopic (exact) mass is 220 g/mol. The molecule has 1 N–H and O–H groups in total. The van der Waals surface area contributed by atoms with Gasteiger partial charge in [0.2, 0.25) is 0 Å². The van der Waals surface area contributed by atoms with Gasteiger partial charge in [0.25, 0.3) is 0 Å². The van der Waals surface area contributed by atoms with Gasteiger partial charge in [0.1, 0.15) is 11.5 Å². The normalized spacial score (nSPS) is 17.3. The number of phenols is 1. The van der Waals surface area contributed by atoms with Gasteiger partial charge in [0.05, 0.1) is 6.10 Å². The maximum absolute atomic E-state index is 9.57. The average molecular weight is 220 g/mol. The summed E-state index contributed by atoms with van der Waals surface area (Å²) in [5, 5.41) is 9.57. The van der Waals surface area contributed by atoms with Gasteiger partial charge in [-0.3, -0.25) is 0 Å². The van der Waals surface area contributed by atoms with Gasteiger partial charge in [-0.2, -0.15) is 0 Å². The van der Waals surface area contributed by atoms with Crippen LogP contribution in [-0.4, -0.2) is 11.2 Å². The van der Waals surface area contributed by atoms with Crippen LogP contribution in [0.15, 0.2) is 18.2 Å². The van der Waals surface area contributed by atoms with E-state index in [0.717, 1.165) is 30.6 Å². The first-order valence-corrected chi connectivity index (χ1v) is 6.27. The third-order valence-electron chi connectivity index (χ3n) is 3.21. The Labute approximate surface area is 97.3 Å². The summed E-state index contributed by atoms with van der Waals surface area (Å²) in [6, 6.07) is 5.55. The third-order valence-corrected chi connectivity index (χ3v) is 3.21. The Balaban J connectivity index is 2.04. The molecule has 1 saturated carbocycles. The zero-order chi connectivity index (χ0) is 11.4. The second-order valence-corrected chi connectivity index (χ2v) is 4.57. The number of benzene rings is 1. The van der Waals surface area contributed by atoms with Gasteiger partial charge in [0.15, 0.2) is 0 Å². The molecule has 0 aromatic heterocycles. The van der Waals surface area contributed by atoms with E-state index in [0.29, 0.717) is 11.9 Å². The van der Waals surface area contributed by atoms with Crippen molar-refractivity contribution >= 4 is 0 Å². The lowest BCUT2D eigenvalue weighted by atomic mass is 9.98. The number of phenolic OH excluding ortho intramolecular Hbond substituents is 1. The van der Waals surface area contributed by atoms with Gasteiger partial charge >= 0.3 is 0 Å². The molecule has 2 rings (SSSR count). The van der Waals surface area contributed by atoms with E-state index in [9.17, 15) is 5.11 Å². The fourth-order valence-corrected chi connectivity index (χ4v) is 2.29. The van der Waals surface area contributed by atoms with Gasteiger partial charge < -0.3 is 9.84 Å². The Bertz CT molecular complexity index is 341. The van der Waals surface area contributed by atoms with Crippen LogP contribution in [0.3, 0.4) is 0 Å². The van der Waals surface area contributed by atoms with Crippen LogP contribution in [0.2, 0.25) is 0 Å². The highest BCUT2D eigenvalue weighted by Gasteiger charge is 2.15. The minimum Gasteiger partial charge on any atom is -0.508 e. The summed E-state index contributed by atoms with van der Waals surface area (Å²) in [5.74, 6) is 1.13. The smallest absolute Gasteiger partial charge is 0.123 e. The molecule has 1 aromatic rings. The van der Waals surface area contributed by atoms with Crippen molar-refractivity contribution in [3.05, 3.63) is 23.8 Å². The lowest BCUT2D eigenvalue weighted by Gasteiger charge is -2.23. The largest absolute Gasteiger partial charge is 0.508 e. The molecule has 1 aromatic carbocycles. The van der Waals surface area contributed by atoms with Crippen molar-refractivity contribution in [2.45, 2.75) is 51.6 Å². The fraction of sp³-hybridized carbons (Fsp3) is 0.571. The number of aryl methyl sites for hydroxylation is 1. The summed E-state index contributed by atoms with van der Waals surface area (Å²) in [6.07, 6.45) is 7.44. The van der Waals surface area contributed by atoms with Crippen LogP contribution >= 0.6 is 0 Å². The lowest BCUT2D eigenvalue weighted by Crippen LogP contribution is -2.19. The van der Waals surface area contributed by atoms with Gasteiger partial charge in [0, 0.05) is 6.07 Å². The zero-order valence-corrected chi connectivity index (χ0v) is 9.91. The van der Waals surface area contributed by atoms with Gasteiger partial charge in [-0.25, -0.2) is 0 Å². The molecular formula is C14H20O2. The Morgan fingerprint density at radius 3 is 2.62 bits per heavy atom. The van der Waals surface area contributed by atoms with Crippen molar-refractivity contribution in [3.63, 3.8) is 0 Å². The van der Waals surface area contributed by atoms with Crippen molar-refractivity contribution in [2.24, 2.45) is 0 Å². The zero-order valence-electron chi connectivity index (χ0n) is 9.91. The molecule has 0 heterocycles. The predicted molar refractivity (Wildman–Crippen MR) is 65.0 cm³/mol. The van der Waals surface area contributed by atoms with Crippen LogP contribution in [0, 0.1) is 0 Å². The molecule has 0 spiro atoms. The van der Waals surface area contributed by atoms with Crippen LogP contribution in [0.4, 0.5) is 0 Å². The topological polar surface area (TPSA) is 29.5 Å². The van der Waals surface area contributed by atoms with Crippen LogP contribution in [-0.2, 0) is 6.42 Å². The van der Waals surface area contributed by atoms with Gasteiger partial charge in [-0.05, 0) is 49.8 Å². The molecule has 2 heteroatoms. The summed E-state index contributed by atoms with van der Waals surface area (Å²) in [6.45, 7) is 2.08. The first kappa shape index (κ1) is 11.3. The summed E-state index contributed by atoms with van der Waals surface area (Å²) < 4.78 is 5.92. The highest BCUT2D eigenvalue weighted by molar-refractivity contribution is 5.37. The standard InChI is InChI=1S/C14H20O2/c1-2-11-8-12(15)10-14(9-11)16-13-6-4-3-5-7-13/h8-10,13,15H,2-7H2,1H3. The second-order valence-electron chi connectivity index (χ2n) is 4.57. The molecule has 1 fully saturated rings. The molecule has 88 valence electrons. The maximum Gasteiger partial charge on any atom is 0.123 e. The molecule has 0 aliphatic heterocycles. The quantitative estimate of drug-likeness (QED) is 0.842. The van der Waals surface area contributed by atoms with Crippen molar-refractivity contribution in [3.8, 4) is 11.5 Å². The van der Waals surface area contributed by atoms with Crippen LogP contribution in [0.5, 0.6) is 11.5 Å². The molecule has 0 atom stereocenters. The van der Waals surface area contributed by atoms with Crippen LogP contribution in [0.25, 0.3) is 0 Å². The third kappa shape index (κ3) is 2.91. The maximum atomic E-state index is 9.57. The van der Waals surface area contributed by atoms with E-state index in [1.54, 1.807) is 12.1 Å². The van der Waals surface area contributed by atoms with Crippen LogP contribution in [0.1, 0.15) is 44.6 Å². The highest BCUT2D eigenvalue weighted by Crippen LogP contribution is 2.27. The minimum absolute atomic E-state index is 0.310. The molecule has 0 radical (unpaired) electrons. The van der Waals surface area contributed by atoms with Crippen molar-refractivity contribution in [1.29, 1.82) is 0 Å². The summed E-state index contributed by atoms with van der Waals surface area (Å²) in [5.41, 5.74) is 1.13. The first-order valence-electron chi connectivity index (χ1n) is 6.27. The Morgan fingerprint density at radius 1 is 1.19 bits per heavy atom. The second kappa shape index (κ2) is 5.24. The molecule has 16 heavy (non-hydrogen) atoms. The van der Waals surface area contributed by atoms with E-state index >= 15 is 0 Å². The Morgan fingerprint density at radius 2 is 1.94 bits per heavy atom. The molecular weight excluding hydrogens is 200 g/mol. The molecule has 0 bridgehead atoms.